The average Bonchev–Trinajstić information content (AvgIpc) is 2.97. The molecule has 3 heterocycles. The maximum Gasteiger partial charge on any atom is 0.410 e. The first-order valence-corrected chi connectivity index (χ1v) is 6.34. The Balaban J connectivity index is 1.97. The second-order valence-corrected chi connectivity index (χ2v) is 5.15. The van der Waals surface area contributed by atoms with E-state index in [1.165, 1.54) is 17.5 Å². The zero-order chi connectivity index (χ0) is 12.8. The van der Waals surface area contributed by atoms with Crippen LogP contribution in [0.5, 0.6) is 0 Å². The number of rotatable bonds is 1. The molecule has 96 valence electrons. The van der Waals surface area contributed by atoms with E-state index in [1.54, 1.807) is 6.07 Å². The number of hydrogen-bond donors (Lipinski definition) is 1. The van der Waals surface area contributed by atoms with Gasteiger partial charge in [0.2, 0.25) is 0 Å². The Bertz CT molecular complexity index is 532. The lowest BCUT2D eigenvalue weighted by atomic mass is 10.0. The highest BCUT2D eigenvalue weighted by Crippen LogP contribution is 2.43. The monoisotopic (exact) mass is 273 g/mol. The van der Waals surface area contributed by atoms with Crippen molar-refractivity contribution in [2.45, 2.75) is 24.7 Å². The maximum absolute atomic E-state index is 13.0. The van der Waals surface area contributed by atoms with E-state index in [1.807, 2.05) is 17.5 Å². The zero-order valence-corrected chi connectivity index (χ0v) is 10.0. The fraction of sp³-hybridized carbons (Fsp3) is 0.364. The number of nitrogens with zero attached hydrogens (tertiary/aromatic N) is 2. The summed E-state index contributed by atoms with van der Waals surface area (Å²) in [5, 5.41) is 8.72. The van der Waals surface area contributed by atoms with E-state index in [-0.39, 0.29) is 12.5 Å². The van der Waals surface area contributed by atoms with Gasteiger partial charge in [0.1, 0.15) is 5.82 Å². The van der Waals surface area contributed by atoms with Gasteiger partial charge in [-0.25, -0.2) is 4.68 Å². The summed E-state index contributed by atoms with van der Waals surface area (Å²) in [6.07, 6.45) is -2.92. The van der Waals surface area contributed by atoms with Gasteiger partial charge in [-0.2, -0.15) is 18.3 Å². The highest BCUT2D eigenvalue weighted by atomic mass is 32.1. The fourth-order valence-corrected chi connectivity index (χ4v) is 2.98. The molecule has 0 aliphatic carbocycles. The van der Waals surface area contributed by atoms with Crippen LogP contribution in [0, 0.1) is 0 Å². The molecule has 2 atom stereocenters. The Kier molecular flexibility index (Phi) is 2.58. The summed E-state index contributed by atoms with van der Waals surface area (Å²) >= 11 is 1.46. The van der Waals surface area contributed by atoms with E-state index in [4.69, 9.17) is 0 Å². The van der Waals surface area contributed by atoms with Crippen molar-refractivity contribution >= 4 is 17.2 Å². The van der Waals surface area contributed by atoms with E-state index < -0.39 is 12.2 Å². The van der Waals surface area contributed by atoms with Crippen LogP contribution in [-0.2, 0) is 0 Å². The number of fused-ring (bicyclic) bond motifs is 1. The zero-order valence-electron chi connectivity index (χ0n) is 9.19. The lowest BCUT2D eigenvalue weighted by molar-refractivity contribution is -0.173. The molecule has 0 saturated heterocycles. The molecule has 0 bridgehead atoms. The third-order valence-electron chi connectivity index (χ3n) is 3.01. The van der Waals surface area contributed by atoms with Crippen LogP contribution in [0.25, 0.3) is 0 Å². The van der Waals surface area contributed by atoms with Crippen molar-refractivity contribution in [3.05, 3.63) is 34.7 Å². The van der Waals surface area contributed by atoms with Crippen LogP contribution in [0.15, 0.2) is 29.8 Å². The SMILES string of the molecule is FC(F)(F)[C@@H]1C[C@@H](c2cccs2)Nc2ccnn21. The molecule has 0 saturated carbocycles. The fourth-order valence-electron chi connectivity index (χ4n) is 2.19. The van der Waals surface area contributed by atoms with Gasteiger partial charge < -0.3 is 5.32 Å². The van der Waals surface area contributed by atoms with Gasteiger partial charge in [-0.15, -0.1) is 11.3 Å². The van der Waals surface area contributed by atoms with Crippen molar-refractivity contribution in [1.82, 2.24) is 9.78 Å². The standard InChI is InChI=1S/C11H10F3N3S/c12-11(13,14)9-6-7(8-2-1-5-18-8)16-10-3-4-15-17(9)10/h1-5,7,9,16H,6H2/t7-,9-/m0/s1. The lowest BCUT2D eigenvalue weighted by Gasteiger charge is -2.32. The Morgan fingerprint density at radius 1 is 1.39 bits per heavy atom. The topological polar surface area (TPSA) is 29.9 Å². The summed E-state index contributed by atoms with van der Waals surface area (Å²) < 4.78 is 40.1. The molecule has 2 aromatic rings. The number of aromatic nitrogens is 2. The number of nitrogens with one attached hydrogen (secondary N) is 1. The smallest absolute Gasteiger partial charge is 0.363 e. The van der Waals surface area contributed by atoms with Crippen molar-refractivity contribution in [2.75, 3.05) is 5.32 Å². The van der Waals surface area contributed by atoms with Crippen LogP contribution in [0.1, 0.15) is 23.4 Å². The van der Waals surface area contributed by atoms with Gasteiger partial charge in [-0.05, 0) is 11.4 Å². The molecule has 0 radical (unpaired) electrons. The van der Waals surface area contributed by atoms with E-state index in [9.17, 15) is 13.2 Å². The van der Waals surface area contributed by atoms with Crippen molar-refractivity contribution < 1.29 is 13.2 Å². The van der Waals surface area contributed by atoms with Gasteiger partial charge in [0, 0.05) is 17.4 Å². The molecular weight excluding hydrogens is 263 g/mol. The number of alkyl halides is 3. The molecule has 2 aromatic heterocycles. The molecule has 0 fully saturated rings. The van der Waals surface area contributed by atoms with Gasteiger partial charge in [0.05, 0.1) is 12.2 Å². The summed E-state index contributed by atoms with van der Waals surface area (Å²) in [6, 6.07) is 3.40. The first-order chi connectivity index (χ1) is 8.55. The van der Waals surface area contributed by atoms with Gasteiger partial charge in [0.15, 0.2) is 6.04 Å². The summed E-state index contributed by atoms with van der Waals surface area (Å²) in [7, 11) is 0. The Labute approximate surface area is 105 Å². The molecule has 3 rings (SSSR count). The van der Waals surface area contributed by atoms with Crippen molar-refractivity contribution in [2.24, 2.45) is 0 Å². The molecule has 7 heteroatoms. The Morgan fingerprint density at radius 3 is 2.89 bits per heavy atom. The van der Waals surface area contributed by atoms with E-state index >= 15 is 0 Å². The molecule has 18 heavy (non-hydrogen) atoms. The van der Waals surface area contributed by atoms with Crippen molar-refractivity contribution in [1.29, 1.82) is 0 Å². The van der Waals surface area contributed by atoms with Crippen LogP contribution in [-0.4, -0.2) is 16.0 Å². The van der Waals surface area contributed by atoms with Crippen LogP contribution >= 0.6 is 11.3 Å². The van der Waals surface area contributed by atoms with Crippen molar-refractivity contribution in [3.63, 3.8) is 0 Å². The number of hydrogen-bond acceptors (Lipinski definition) is 3. The summed E-state index contributed by atoms with van der Waals surface area (Å²) in [5.41, 5.74) is 0. The molecule has 3 nitrogen and oxygen atoms in total. The molecule has 1 N–H and O–H groups in total. The van der Waals surface area contributed by atoms with E-state index in [2.05, 4.69) is 10.4 Å². The number of anilines is 1. The molecule has 0 unspecified atom stereocenters. The third kappa shape index (κ3) is 1.88. The second kappa shape index (κ2) is 4.01. The molecule has 0 aromatic carbocycles. The molecule has 1 aliphatic heterocycles. The minimum atomic E-state index is -4.28. The second-order valence-electron chi connectivity index (χ2n) is 4.17. The highest BCUT2D eigenvalue weighted by molar-refractivity contribution is 7.10. The molecule has 1 aliphatic rings. The van der Waals surface area contributed by atoms with E-state index in [0.717, 1.165) is 9.56 Å². The van der Waals surface area contributed by atoms with Gasteiger partial charge in [-0.3, -0.25) is 0 Å². The highest BCUT2D eigenvalue weighted by Gasteiger charge is 2.46. The van der Waals surface area contributed by atoms with Gasteiger partial charge >= 0.3 is 6.18 Å². The normalized spacial score (nSPS) is 23.5. The van der Waals surface area contributed by atoms with Crippen LogP contribution in [0.2, 0.25) is 0 Å². The van der Waals surface area contributed by atoms with Gasteiger partial charge in [0.25, 0.3) is 0 Å². The van der Waals surface area contributed by atoms with Crippen molar-refractivity contribution in [3.8, 4) is 0 Å². The summed E-state index contributed by atoms with van der Waals surface area (Å²) in [4.78, 5) is 0.914. The third-order valence-corrected chi connectivity index (χ3v) is 4.00. The molecule has 0 spiro atoms. The van der Waals surface area contributed by atoms with Gasteiger partial charge in [-0.1, -0.05) is 6.07 Å². The van der Waals surface area contributed by atoms with Crippen LogP contribution < -0.4 is 5.32 Å². The number of halogens is 3. The largest absolute Gasteiger partial charge is 0.410 e. The summed E-state index contributed by atoms with van der Waals surface area (Å²) in [6.45, 7) is 0. The Hall–Kier alpha value is -1.50. The van der Waals surface area contributed by atoms with Crippen LogP contribution in [0.3, 0.4) is 0 Å². The first kappa shape index (κ1) is 11.6. The minimum absolute atomic E-state index is 0.0291. The molecule has 0 amide bonds. The van der Waals surface area contributed by atoms with E-state index in [0.29, 0.717) is 5.82 Å². The lowest BCUT2D eigenvalue weighted by Crippen LogP contribution is -2.35. The quantitative estimate of drug-likeness (QED) is 0.860. The first-order valence-electron chi connectivity index (χ1n) is 5.46. The number of thiophene rings is 1. The predicted molar refractivity (Wildman–Crippen MR) is 62.6 cm³/mol. The van der Waals surface area contributed by atoms with Crippen LogP contribution in [0.4, 0.5) is 19.0 Å². The summed E-state index contributed by atoms with van der Waals surface area (Å²) in [5.74, 6) is 0.418. The Morgan fingerprint density at radius 2 is 2.22 bits per heavy atom. The average molecular weight is 273 g/mol. The maximum atomic E-state index is 13.0. The predicted octanol–water partition coefficient (Wildman–Crippen LogP) is 3.60. The molecular formula is C11H10F3N3S. The minimum Gasteiger partial charge on any atom is -0.363 e.